The summed E-state index contributed by atoms with van der Waals surface area (Å²) < 4.78 is 31.8. The monoisotopic (exact) mass is 385 g/mol. The highest BCUT2D eigenvalue weighted by molar-refractivity contribution is 7.89. The van der Waals surface area contributed by atoms with Crippen molar-refractivity contribution in [2.24, 2.45) is 19.5 Å². The zero-order valence-corrected chi connectivity index (χ0v) is 16.6. The predicted molar refractivity (Wildman–Crippen MR) is 105 cm³/mol. The van der Waals surface area contributed by atoms with Crippen LogP contribution in [0.25, 0.3) is 11.0 Å². The molecule has 1 fully saturated rings. The molecule has 1 N–H and O–H groups in total. The molecule has 7 heteroatoms. The molecule has 0 unspecified atom stereocenters. The van der Waals surface area contributed by atoms with E-state index >= 15 is 0 Å². The van der Waals surface area contributed by atoms with E-state index in [2.05, 4.69) is 18.6 Å². The van der Waals surface area contributed by atoms with Crippen molar-refractivity contribution in [2.75, 3.05) is 0 Å². The van der Waals surface area contributed by atoms with E-state index in [-0.39, 0.29) is 28.0 Å². The summed E-state index contributed by atoms with van der Waals surface area (Å²) in [5, 5.41) is 0. The number of nitrogens with zero attached hydrogens (tertiary/aromatic N) is 2. The predicted octanol–water partition coefficient (Wildman–Crippen LogP) is 2.35. The molecule has 3 aromatic rings. The van der Waals surface area contributed by atoms with Gasteiger partial charge >= 0.3 is 5.69 Å². The third-order valence-electron chi connectivity index (χ3n) is 5.82. The lowest BCUT2D eigenvalue weighted by molar-refractivity contribution is 0.552. The van der Waals surface area contributed by atoms with Crippen LogP contribution in [0, 0.1) is 5.41 Å². The van der Waals surface area contributed by atoms with Gasteiger partial charge in [0.15, 0.2) is 0 Å². The standard InChI is InChI=1S/C20H23N3O3S/c1-20(2)17(13-8-6-5-7-9-13)18(20)21-27(25,26)14-10-11-15-16(12-14)23(4)19(24)22(15)3/h5-12,17-18,21H,1-4H3/t17-,18-/m1/s1. The lowest BCUT2D eigenvalue weighted by Crippen LogP contribution is -2.29. The van der Waals surface area contributed by atoms with Crippen LogP contribution in [-0.4, -0.2) is 23.6 Å². The number of imidazole rings is 1. The van der Waals surface area contributed by atoms with Gasteiger partial charge in [-0.3, -0.25) is 9.13 Å². The first-order chi connectivity index (χ1) is 12.6. The van der Waals surface area contributed by atoms with Crippen molar-refractivity contribution in [1.29, 1.82) is 0 Å². The van der Waals surface area contributed by atoms with Gasteiger partial charge in [0.25, 0.3) is 0 Å². The second kappa shape index (κ2) is 5.81. The fourth-order valence-corrected chi connectivity index (χ4v) is 5.45. The number of aryl methyl sites for hydroxylation is 2. The molecule has 1 heterocycles. The zero-order chi connectivity index (χ0) is 19.6. The van der Waals surface area contributed by atoms with Crippen molar-refractivity contribution in [1.82, 2.24) is 13.9 Å². The summed E-state index contributed by atoms with van der Waals surface area (Å²) in [6.07, 6.45) is 0. The van der Waals surface area contributed by atoms with Gasteiger partial charge in [0.1, 0.15) is 0 Å². The molecule has 2 aromatic carbocycles. The van der Waals surface area contributed by atoms with E-state index < -0.39 is 10.0 Å². The molecule has 1 saturated carbocycles. The number of fused-ring (bicyclic) bond motifs is 1. The minimum Gasteiger partial charge on any atom is -0.295 e. The van der Waals surface area contributed by atoms with E-state index in [0.717, 1.165) is 5.56 Å². The van der Waals surface area contributed by atoms with Gasteiger partial charge in [-0.1, -0.05) is 44.2 Å². The highest BCUT2D eigenvalue weighted by Gasteiger charge is 2.59. The van der Waals surface area contributed by atoms with Crippen LogP contribution in [0.5, 0.6) is 0 Å². The van der Waals surface area contributed by atoms with Crippen LogP contribution in [0.15, 0.2) is 58.2 Å². The summed E-state index contributed by atoms with van der Waals surface area (Å²) >= 11 is 0. The van der Waals surface area contributed by atoms with Crippen molar-refractivity contribution < 1.29 is 8.42 Å². The third kappa shape index (κ3) is 2.73. The van der Waals surface area contributed by atoms with Crippen LogP contribution in [0.2, 0.25) is 0 Å². The molecule has 0 spiro atoms. The quantitative estimate of drug-likeness (QED) is 0.749. The van der Waals surface area contributed by atoms with Crippen molar-refractivity contribution >= 4 is 21.1 Å². The Kier molecular flexibility index (Phi) is 3.87. The summed E-state index contributed by atoms with van der Waals surface area (Å²) in [6, 6.07) is 14.6. The van der Waals surface area contributed by atoms with Gasteiger partial charge in [-0.15, -0.1) is 0 Å². The van der Waals surface area contributed by atoms with Crippen LogP contribution in [0.3, 0.4) is 0 Å². The number of hydrogen-bond donors (Lipinski definition) is 1. The summed E-state index contributed by atoms with van der Waals surface area (Å²) in [6.45, 7) is 4.14. The van der Waals surface area contributed by atoms with E-state index in [1.54, 1.807) is 32.3 Å². The Morgan fingerprint density at radius 1 is 0.963 bits per heavy atom. The molecule has 1 aliphatic rings. The molecule has 0 radical (unpaired) electrons. The third-order valence-corrected chi connectivity index (χ3v) is 7.26. The average Bonchev–Trinajstić information content (AvgIpc) is 3.10. The molecule has 6 nitrogen and oxygen atoms in total. The summed E-state index contributed by atoms with van der Waals surface area (Å²) in [4.78, 5) is 12.3. The van der Waals surface area contributed by atoms with Gasteiger partial charge in [0, 0.05) is 26.1 Å². The Morgan fingerprint density at radius 3 is 2.26 bits per heavy atom. The summed E-state index contributed by atoms with van der Waals surface area (Å²) in [5.41, 5.74) is 2.10. The fraction of sp³-hybridized carbons (Fsp3) is 0.350. The van der Waals surface area contributed by atoms with E-state index in [9.17, 15) is 13.2 Å². The smallest absolute Gasteiger partial charge is 0.295 e. The van der Waals surface area contributed by atoms with E-state index in [1.165, 1.54) is 9.13 Å². The minimum absolute atomic E-state index is 0.137. The zero-order valence-electron chi connectivity index (χ0n) is 15.8. The Morgan fingerprint density at radius 2 is 1.59 bits per heavy atom. The fourth-order valence-electron chi connectivity index (χ4n) is 4.03. The second-order valence-electron chi connectivity index (χ2n) is 7.86. The molecule has 0 bridgehead atoms. The number of hydrogen-bond acceptors (Lipinski definition) is 3. The van der Waals surface area contributed by atoms with E-state index in [0.29, 0.717) is 11.0 Å². The van der Waals surface area contributed by atoms with Gasteiger partial charge in [0.2, 0.25) is 10.0 Å². The van der Waals surface area contributed by atoms with Crippen LogP contribution in [-0.2, 0) is 24.1 Å². The minimum atomic E-state index is -3.70. The van der Waals surface area contributed by atoms with Crippen LogP contribution >= 0.6 is 0 Å². The maximum absolute atomic E-state index is 13.0. The SMILES string of the molecule is Cn1c(=O)n(C)c2cc(S(=O)(=O)N[C@@H]3[C@@H](c4ccccc4)C3(C)C)ccc21. The molecule has 1 aliphatic carbocycles. The molecular formula is C20H23N3O3S. The molecule has 0 saturated heterocycles. The molecule has 2 atom stereocenters. The molecule has 27 heavy (non-hydrogen) atoms. The number of aromatic nitrogens is 2. The van der Waals surface area contributed by atoms with E-state index in [4.69, 9.17) is 0 Å². The van der Waals surface area contributed by atoms with Crippen molar-refractivity contribution in [3.8, 4) is 0 Å². The molecule has 0 aliphatic heterocycles. The maximum atomic E-state index is 13.0. The van der Waals surface area contributed by atoms with E-state index in [1.807, 2.05) is 30.3 Å². The Balaban J connectivity index is 1.68. The van der Waals surface area contributed by atoms with Crippen molar-refractivity contribution in [2.45, 2.75) is 30.7 Å². The van der Waals surface area contributed by atoms with Crippen molar-refractivity contribution in [3.05, 3.63) is 64.6 Å². The summed E-state index contributed by atoms with van der Waals surface area (Å²) in [5.74, 6) is 0.137. The van der Waals surface area contributed by atoms with Gasteiger partial charge < -0.3 is 0 Å². The average molecular weight is 385 g/mol. The molecule has 142 valence electrons. The van der Waals surface area contributed by atoms with Gasteiger partial charge in [0.05, 0.1) is 15.9 Å². The largest absolute Gasteiger partial charge is 0.328 e. The number of sulfonamides is 1. The number of nitrogens with one attached hydrogen (secondary N) is 1. The lowest BCUT2D eigenvalue weighted by atomic mass is 10.0. The normalized spacial score (nSPS) is 21.5. The number of rotatable bonds is 4. The molecular weight excluding hydrogens is 362 g/mol. The van der Waals surface area contributed by atoms with Gasteiger partial charge in [-0.05, 0) is 29.2 Å². The first-order valence-corrected chi connectivity index (χ1v) is 10.4. The first-order valence-electron chi connectivity index (χ1n) is 8.87. The lowest BCUT2D eigenvalue weighted by Gasteiger charge is -2.08. The maximum Gasteiger partial charge on any atom is 0.328 e. The molecule has 4 rings (SSSR count). The molecule has 0 amide bonds. The molecule has 1 aromatic heterocycles. The van der Waals surface area contributed by atoms with Gasteiger partial charge in [-0.25, -0.2) is 17.9 Å². The highest BCUT2D eigenvalue weighted by atomic mass is 32.2. The van der Waals surface area contributed by atoms with Crippen LogP contribution in [0.1, 0.15) is 25.3 Å². The first kappa shape index (κ1) is 18.0. The second-order valence-corrected chi connectivity index (χ2v) is 9.57. The topological polar surface area (TPSA) is 73.1 Å². The van der Waals surface area contributed by atoms with Gasteiger partial charge in [-0.2, -0.15) is 0 Å². The Bertz CT molecular complexity index is 1190. The van der Waals surface area contributed by atoms with Crippen molar-refractivity contribution in [3.63, 3.8) is 0 Å². The van der Waals surface area contributed by atoms with Crippen LogP contribution in [0.4, 0.5) is 0 Å². The highest BCUT2D eigenvalue weighted by Crippen LogP contribution is 2.59. The Labute approximate surface area is 158 Å². The van der Waals surface area contributed by atoms with Crippen LogP contribution < -0.4 is 10.4 Å². The Hall–Kier alpha value is -2.38. The summed E-state index contributed by atoms with van der Waals surface area (Å²) in [7, 11) is -0.378. The number of benzene rings is 2.